The zero-order valence-corrected chi connectivity index (χ0v) is 15.6. The van der Waals surface area contributed by atoms with Crippen LogP contribution in [-0.4, -0.2) is 31.6 Å². The first-order valence-electron chi connectivity index (χ1n) is 8.74. The van der Waals surface area contributed by atoms with Gasteiger partial charge >= 0.3 is 6.18 Å². The summed E-state index contributed by atoms with van der Waals surface area (Å²) in [5, 5.41) is 4.50. The quantitative estimate of drug-likeness (QED) is 0.513. The molecule has 0 aliphatic heterocycles. The first-order chi connectivity index (χ1) is 13.7. The van der Waals surface area contributed by atoms with Crippen molar-refractivity contribution in [1.82, 2.24) is 10.6 Å². The van der Waals surface area contributed by atoms with Crippen molar-refractivity contribution in [2.24, 2.45) is 0 Å². The zero-order valence-electron chi connectivity index (χ0n) is 15.6. The number of carbonyl (C=O) groups is 2. The summed E-state index contributed by atoms with van der Waals surface area (Å²) in [7, 11) is 1.50. The molecule has 2 rings (SSSR count). The molecule has 0 spiro atoms. The molecule has 2 aromatic carbocycles. The lowest BCUT2D eigenvalue weighted by atomic mass is 10.1. The molecular weight excluding hydrogens is 392 g/mol. The Kier molecular flexibility index (Phi) is 7.58. The van der Waals surface area contributed by atoms with Gasteiger partial charge in [0.2, 0.25) is 5.91 Å². The fourth-order valence-electron chi connectivity index (χ4n) is 2.54. The largest absolute Gasteiger partial charge is 0.497 e. The number of nitrogens with one attached hydrogen (secondary N) is 2. The van der Waals surface area contributed by atoms with Crippen molar-refractivity contribution in [2.75, 3.05) is 13.7 Å². The summed E-state index contributed by atoms with van der Waals surface area (Å²) in [4.78, 5) is 23.9. The van der Waals surface area contributed by atoms with Crippen LogP contribution in [0.2, 0.25) is 0 Å². The van der Waals surface area contributed by atoms with Gasteiger partial charge in [-0.2, -0.15) is 13.2 Å². The number of hydrogen-bond acceptors (Lipinski definition) is 3. The number of halogens is 4. The van der Waals surface area contributed by atoms with E-state index in [0.717, 1.165) is 24.3 Å². The Morgan fingerprint density at radius 1 is 1.03 bits per heavy atom. The van der Waals surface area contributed by atoms with Crippen molar-refractivity contribution >= 4 is 11.8 Å². The third-order valence-electron chi connectivity index (χ3n) is 4.05. The van der Waals surface area contributed by atoms with E-state index in [0.29, 0.717) is 11.3 Å². The predicted octanol–water partition coefficient (Wildman–Crippen LogP) is 3.76. The van der Waals surface area contributed by atoms with Crippen LogP contribution in [0.1, 0.15) is 34.8 Å². The lowest BCUT2D eigenvalue weighted by molar-refractivity contribution is -0.163. The topological polar surface area (TPSA) is 67.4 Å². The summed E-state index contributed by atoms with van der Waals surface area (Å²) in [5.41, 5.74) is 0.128. The van der Waals surface area contributed by atoms with Gasteiger partial charge in [0.05, 0.1) is 7.11 Å². The molecule has 0 aromatic heterocycles. The molecule has 9 heteroatoms. The van der Waals surface area contributed by atoms with Gasteiger partial charge in [-0.25, -0.2) is 4.39 Å². The molecule has 0 fully saturated rings. The van der Waals surface area contributed by atoms with Crippen LogP contribution in [0, 0.1) is 5.82 Å². The molecule has 1 unspecified atom stereocenters. The van der Waals surface area contributed by atoms with Crippen LogP contribution < -0.4 is 15.4 Å². The van der Waals surface area contributed by atoms with Crippen LogP contribution in [0.5, 0.6) is 5.75 Å². The van der Waals surface area contributed by atoms with E-state index >= 15 is 0 Å². The van der Waals surface area contributed by atoms with Gasteiger partial charge in [-0.05, 0) is 48.4 Å². The van der Waals surface area contributed by atoms with Crippen LogP contribution in [0.25, 0.3) is 0 Å². The summed E-state index contributed by atoms with van der Waals surface area (Å²) in [6, 6.07) is 7.89. The number of ether oxygens (including phenoxy) is 1. The lowest BCUT2D eigenvalue weighted by Crippen LogP contribution is -2.38. The minimum absolute atomic E-state index is 0.117. The average Bonchev–Trinajstić information content (AvgIpc) is 2.69. The molecular formula is C20H20F4N2O3. The Hall–Kier alpha value is -3.10. The van der Waals surface area contributed by atoms with Crippen LogP contribution in [0.15, 0.2) is 48.5 Å². The van der Waals surface area contributed by atoms with E-state index in [4.69, 9.17) is 4.74 Å². The lowest BCUT2D eigenvalue weighted by Gasteiger charge is -2.22. The van der Waals surface area contributed by atoms with E-state index in [1.54, 1.807) is 24.3 Å². The molecule has 0 bridgehead atoms. The van der Waals surface area contributed by atoms with Gasteiger partial charge in [0.1, 0.15) is 11.6 Å². The van der Waals surface area contributed by atoms with Gasteiger partial charge in [0.15, 0.2) is 6.04 Å². The number of hydrogen-bond donors (Lipinski definition) is 2. The molecule has 0 saturated heterocycles. The van der Waals surface area contributed by atoms with Crippen LogP contribution in [0.4, 0.5) is 17.6 Å². The number of carbonyl (C=O) groups excluding carboxylic acids is 2. The van der Waals surface area contributed by atoms with Crippen molar-refractivity contribution < 1.29 is 31.9 Å². The van der Waals surface area contributed by atoms with Gasteiger partial charge in [0, 0.05) is 18.5 Å². The molecule has 0 saturated carbocycles. The molecule has 0 aliphatic rings. The number of benzene rings is 2. The SMILES string of the molecule is COc1ccc(C(=O)NCCCC(=O)NC(c2ccc(F)cc2)C(F)(F)F)cc1. The number of rotatable bonds is 8. The van der Waals surface area contributed by atoms with E-state index in [1.807, 2.05) is 5.32 Å². The first-order valence-corrected chi connectivity index (χ1v) is 8.74. The predicted molar refractivity (Wildman–Crippen MR) is 97.9 cm³/mol. The second-order valence-electron chi connectivity index (χ2n) is 6.18. The molecule has 5 nitrogen and oxygen atoms in total. The second-order valence-corrected chi connectivity index (χ2v) is 6.18. The minimum atomic E-state index is -4.73. The van der Waals surface area contributed by atoms with E-state index in [1.165, 1.54) is 7.11 Å². The van der Waals surface area contributed by atoms with E-state index in [2.05, 4.69) is 5.32 Å². The molecule has 2 N–H and O–H groups in total. The van der Waals surface area contributed by atoms with Crippen LogP contribution >= 0.6 is 0 Å². The fourth-order valence-corrected chi connectivity index (χ4v) is 2.54. The van der Waals surface area contributed by atoms with Crippen molar-refractivity contribution in [3.05, 3.63) is 65.5 Å². The third-order valence-corrected chi connectivity index (χ3v) is 4.05. The summed E-state index contributed by atoms with van der Waals surface area (Å²) in [6.07, 6.45) is -4.78. The normalized spacial score (nSPS) is 12.2. The fraction of sp³-hybridized carbons (Fsp3) is 0.300. The molecule has 2 amide bonds. The Labute approximate surface area is 165 Å². The van der Waals surface area contributed by atoms with E-state index < -0.39 is 23.9 Å². The maximum absolute atomic E-state index is 13.2. The minimum Gasteiger partial charge on any atom is -0.497 e. The maximum atomic E-state index is 13.2. The maximum Gasteiger partial charge on any atom is 0.412 e. The summed E-state index contributed by atoms with van der Waals surface area (Å²) >= 11 is 0. The standard InChI is InChI=1S/C20H20F4N2O3/c1-29-16-10-6-14(7-11-16)19(28)25-12-2-3-17(27)26-18(20(22,23)24)13-4-8-15(21)9-5-13/h4-11,18H,2-3,12H2,1H3,(H,25,28)(H,26,27). The van der Waals surface area contributed by atoms with Crippen molar-refractivity contribution in [3.8, 4) is 5.75 Å². The van der Waals surface area contributed by atoms with E-state index in [-0.39, 0.29) is 30.9 Å². The van der Waals surface area contributed by atoms with Crippen molar-refractivity contribution in [1.29, 1.82) is 0 Å². The van der Waals surface area contributed by atoms with Gasteiger partial charge < -0.3 is 15.4 Å². The number of alkyl halides is 3. The molecule has 0 heterocycles. The Balaban J connectivity index is 1.82. The smallest absolute Gasteiger partial charge is 0.412 e. The van der Waals surface area contributed by atoms with Gasteiger partial charge in [0.25, 0.3) is 5.91 Å². The summed E-state index contributed by atoms with van der Waals surface area (Å²) in [6.45, 7) is 0.117. The first kappa shape index (κ1) is 22.2. The average molecular weight is 412 g/mol. The molecule has 0 aliphatic carbocycles. The highest BCUT2D eigenvalue weighted by Gasteiger charge is 2.41. The highest BCUT2D eigenvalue weighted by molar-refractivity contribution is 5.94. The Bertz CT molecular complexity index is 821. The Morgan fingerprint density at radius 3 is 2.21 bits per heavy atom. The molecule has 1 atom stereocenters. The van der Waals surface area contributed by atoms with Crippen LogP contribution in [0.3, 0.4) is 0 Å². The highest BCUT2D eigenvalue weighted by Crippen LogP contribution is 2.32. The summed E-state index contributed by atoms with van der Waals surface area (Å²) in [5.74, 6) is -1.27. The monoisotopic (exact) mass is 412 g/mol. The molecule has 2 aromatic rings. The molecule has 0 radical (unpaired) electrons. The van der Waals surface area contributed by atoms with E-state index in [9.17, 15) is 27.2 Å². The van der Waals surface area contributed by atoms with Crippen molar-refractivity contribution in [3.63, 3.8) is 0 Å². The van der Waals surface area contributed by atoms with Crippen molar-refractivity contribution in [2.45, 2.75) is 25.1 Å². The molecule has 29 heavy (non-hydrogen) atoms. The van der Waals surface area contributed by atoms with Gasteiger partial charge in [-0.1, -0.05) is 12.1 Å². The highest BCUT2D eigenvalue weighted by atomic mass is 19.4. The summed E-state index contributed by atoms with van der Waals surface area (Å²) < 4.78 is 57.6. The van der Waals surface area contributed by atoms with Crippen LogP contribution in [-0.2, 0) is 4.79 Å². The van der Waals surface area contributed by atoms with Gasteiger partial charge in [-0.15, -0.1) is 0 Å². The number of methoxy groups -OCH3 is 1. The molecule has 156 valence electrons. The number of amides is 2. The third kappa shape index (κ3) is 6.78. The van der Waals surface area contributed by atoms with Gasteiger partial charge in [-0.3, -0.25) is 9.59 Å². The second kappa shape index (κ2) is 9.90. The zero-order chi connectivity index (χ0) is 21.4. The Morgan fingerprint density at radius 2 is 1.66 bits per heavy atom.